The third-order valence-electron chi connectivity index (χ3n) is 2.67. The zero-order valence-electron chi connectivity index (χ0n) is 10.4. The standard InChI is InChI=1S/C15H13ClO3/c1-10-2-4-11(5-3-10)9-19-15(18)13-8-12(16)6-7-14(13)17/h2-8,17H,9H2,1H3. The second-order valence-corrected chi connectivity index (χ2v) is 4.66. The van der Waals surface area contributed by atoms with Crippen molar-refractivity contribution in [1.82, 2.24) is 0 Å². The van der Waals surface area contributed by atoms with Crippen molar-refractivity contribution >= 4 is 17.6 Å². The highest BCUT2D eigenvalue weighted by atomic mass is 35.5. The Morgan fingerprint density at radius 1 is 1.21 bits per heavy atom. The lowest BCUT2D eigenvalue weighted by molar-refractivity contribution is 0.0469. The number of esters is 1. The predicted molar refractivity (Wildman–Crippen MR) is 73.4 cm³/mol. The molecule has 3 nitrogen and oxygen atoms in total. The van der Waals surface area contributed by atoms with Crippen LogP contribution >= 0.6 is 11.6 Å². The van der Waals surface area contributed by atoms with Gasteiger partial charge in [0.15, 0.2) is 0 Å². The first-order valence-corrected chi connectivity index (χ1v) is 6.15. The minimum Gasteiger partial charge on any atom is -0.507 e. The fourth-order valence-electron chi connectivity index (χ4n) is 1.58. The van der Waals surface area contributed by atoms with Gasteiger partial charge in [-0.1, -0.05) is 41.4 Å². The van der Waals surface area contributed by atoms with Crippen molar-refractivity contribution in [1.29, 1.82) is 0 Å². The minimum atomic E-state index is -0.597. The van der Waals surface area contributed by atoms with E-state index in [4.69, 9.17) is 16.3 Å². The molecule has 98 valence electrons. The number of halogens is 1. The maximum absolute atomic E-state index is 11.8. The molecule has 0 aromatic heterocycles. The molecule has 0 heterocycles. The van der Waals surface area contributed by atoms with Crippen molar-refractivity contribution < 1.29 is 14.6 Å². The van der Waals surface area contributed by atoms with E-state index in [2.05, 4.69) is 0 Å². The van der Waals surface area contributed by atoms with Gasteiger partial charge in [0.1, 0.15) is 17.9 Å². The summed E-state index contributed by atoms with van der Waals surface area (Å²) >= 11 is 5.78. The number of carbonyl (C=O) groups is 1. The maximum Gasteiger partial charge on any atom is 0.342 e. The zero-order chi connectivity index (χ0) is 13.8. The van der Waals surface area contributed by atoms with Gasteiger partial charge >= 0.3 is 5.97 Å². The van der Waals surface area contributed by atoms with Crippen LogP contribution in [0.1, 0.15) is 21.5 Å². The van der Waals surface area contributed by atoms with Gasteiger partial charge in [-0.25, -0.2) is 4.79 Å². The van der Waals surface area contributed by atoms with Crippen LogP contribution in [-0.4, -0.2) is 11.1 Å². The maximum atomic E-state index is 11.8. The summed E-state index contributed by atoms with van der Waals surface area (Å²) in [6.45, 7) is 2.14. The summed E-state index contributed by atoms with van der Waals surface area (Å²) in [6, 6.07) is 11.9. The third-order valence-corrected chi connectivity index (χ3v) is 2.90. The Hall–Kier alpha value is -2.00. The number of carbonyl (C=O) groups excluding carboxylic acids is 1. The van der Waals surface area contributed by atoms with Crippen LogP contribution in [0, 0.1) is 6.92 Å². The molecule has 4 heteroatoms. The zero-order valence-corrected chi connectivity index (χ0v) is 11.1. The van der Waals surface area contributed by atoms with E-state index in [1.54, 1.807) is 0 Å². The smallest absolute Gasteiger partial charge is 0.342 e. The molecule has 1 N–H and O–H groups in total. The molecule has 0 unspecified atom stereocenters. The number of phenols is 1. The number of hydrogen-bond donors (Lipinski definition) is 1. The fourth-order valence-corrected chi connectivity index (χ4v) is 1.75. The van der Waals surface area contributed by atoms with Gasteiger partial charge in [-0.05, 0) is 30.7 Å². The largest absolute Gasteiger partial charge is 0.507 e. The SMILES string of the molecule is Cc1ccc(COC(=O)c2cc(Cl)ccc2O)cc1. The first-order chi connectivity index (χ1) is 9.06. The molecule has 0 spiro atoms. The number of ether oxygens (including phenoxy) is 1. The Bertz CT molecular complexity index is 591. The molecule has 0 aliphatic heterocycles. The van der Waals surface area contributed by atoms with Crippen molar-refractivity contribution in [2.75, 3.05) is 0 Å². The summed E-state index contributed by atoms with van der Waals surface area (Å²) < 4.78 is 5.13. The van der Waals surface area contributed by atoms with E-state index in [9.17, 15) is 9.90 Å². The Morgan fingerprint density at radius 2 is 1.89 bits per heavy atom. The van der Waals surface area contributed by atoms with Crippen LogP contribution in [0.4, 0.5) is 0 Å². The highest BCUT2D eigenvalue weighted by Crippen LogP contribution is 2.22. The first-order valence-electron chi connectivity index (χ1n) is 5.77. The van der Waals surface area contributed by atoms with Gasteiger partial charge < -0.3 is 9.84 Å². The minimum absolute atomic E-state index is 0.0691. The molecule has 0 amide bonds. The van der Waals surface area contributed by atoms with Crippen molar-refractivity contribution in [2.24, 2.45) is 0 Å². The average Bonchev–Trinajstić information content (AvgIpc) is 2.40. The van der Waals surface area contributed by atoms with Crippen LogP contribution in [0.15, 0.2) is 42.5 Å². The van der Waals surface area contributed by atoms with E-state index in [0.29, 0.717) is 5.02 Å². The van der Waals surface area contributed by atoms with Gasteiger partial charge in [-0.3, -0.25) is 0 Å². The summed E-state index contributed by atoms with van der Waals surface area (Å²) in [5, 5.41) is 9.95. The molecule has 0 saturated carbocycles. The molecule has 0 fully saturated rings. The monoisotopic (exact) mass is 276 g/mol. The quantitative estimate of drug-likeness (QED) is 0.869. The van der Waals surface area contributed by atoms with Gasteiger partial charge in [0, 0.05) is 5.02 Å². The van der Waals surface area contributed by atoms with E-state index in [-0.39, 0.29) is 17.9 Å². The molecule has 0 radical (unpaired) electrons. The molecule has 0 aliphatic carbocycles. The van der Waals surface area contributed by atoms with Gasteiger partial charge in [-0.2, -0.15) is 0 Å². The lowest BCUT2D eigenvalue weighted by Crippen LogP contribution is -2.05. The molecule has 2 aromatic rings. The van der Waals surface area contributed by atoms with Crippen LogP contribution in [0.25, 0.3) is 0 Å². The Kier molecular flexibility index (Phi) is 4.07. The summed E-state index contributed by atoms with van der Waals surface area (Å²) in [4.78, 5) is 11.8. The third kappa shape index (κ3) is 3.48. The molecular formula is C15H13ClO3. The number of phenolic OH excluding ortho intramolecular Hbond substituents is 1. The molecule has 0 saturated heterocycles. The lowest BCUT2D eigenvalue weighted by atomic mass is 10.1. The van der Waals surface area contributed by atoms with Crippen molar-refractivity contribution in [2.45, 2.75) is 13.5 Å². The molecule has 2 rings (SSSR count). The van der Waals surface area contributed by atoms with Gasteiger partial charge in [0.05, 0.1) is 0 Å². The molecule has 0 bridgehead atoms. The van der Waals surface area contributed by atoms with E-state index in [0.717, 1.165) is 11.1 Å². The van der Waals surface area contributed by atoms with Crippen molar-refractivity contribution in [3.63, 3.8) is 0 Å². The van der Waals surface area contributed by atoms with Crippen LogP contribution in [0.5, 0.6) is 5.75 Å². The van der Waals surface area contributed by atoms with E-state index in [1.165, 1.54) is 18.2 Å². The van der Waals surface area contributed by atoms with Gasteiger partial charge in [0.2, 0.25) is 0 Å². The molecule has 19 heavy (non-hydrogen) atoms. The number of aryl methyl sites for hydroxylation is 1. The van der Waals surface area contributed by atoms with Crippen LogP contribution in [-0.2, 0) is 11.3 Å². The summed E-state index contributed by atoms with van der Waals surface area (Å²) in [5.41, 5.74) is 2.10. The van der Waals surface area contributed by atoms with Crippen LogP contribution < -0.4 is 0 Å². The number of aromatic hydroxyl groups is 1. The number of hydrogen-bond acceptors (Lipinski definition) is 3. The van der Waals surface area contributed by atoms with E-state index in [1.807, 2.05) is 31.2 Å². The molecule has 0 aliphatic rings. The van der Waals surface area contributed by atoms with Gasteiger partial charge in [0.25, 0.3) is 0 Å². The van der Waals surface area contributed by atoms with E-state index < -0.39 is 5.97 Å². The Morgan fingerprint density at radius 3 is 2.58 bits per heavy atom. The molecular weight excluding hydrogens is 264 g/mol. The summed E-state index contributed by atoms with van der Waals surface area (Å²) in [5.74, 6) is -0.737. The topological polar surface area (TPSA) is 46.5 Å². The van der Waals surface area contributed by atoms with E-state index >= 15 is 0 Å². The average molecular weight is 277 g/mol. The second-order valence-electron chi connectivity index (χ2n) is 4.22. The Labute approximate surface area is 116 Å². The second kappa shape index (κ2) is 5.76. The van der Waals surface area contributed by atoms with Crippen LogP contribution in [0.2, 0.25) is 5.02 Å². The highest BCUT2D eigenvalue weighted by molar-refractivity contribution is 6.31. The normalized spacial score (nSPS) is 10.2. The summed E-state index contributed by atoms with van der Waals surface area (Å²) in [7, 11) is 0. The van der Waals surface area contributed by atoms with Crippen LogP contribution in [0.3, 0.4) is 0 Å². The lowest BCUT2D eigenvalue weighted by Gasteiger charge is -2.07. The first kappa shape index (κ1) is 13.4. The van der Waals surface area contributed by atoms with Gasteiger partial charge in [-0.15, -0.1) is 0 Å². The molecule has 0 atom stereocenters. The number of rotatable bonds is 3. The predicted octanol–water partition coefficient (Wildman–Crippen LogP) is 3.71. The summed E-state index contributed by atoms with van der Waals surface area (Å²) in [6.07, 6.45) is 0. The fraction of sp³-hybridized carbons (Fsp3) is 0.133. The molecule has 2 aromatic carbocycles. The van der Waals surface area contributed by atoms with Crippen molar-refractivity contribution in [3.05, 3.63) is 64.2 Å². The van der Waals surface area contributed by atoms with Crippen molar-refractivity contribution in [3.8, 4) is 5.75 Å². The Balaban J connectivity index is 2.05. The highest BCUT2D eigenvalue weighted by Gasteiger charge is 2.13. The number of benzene rings is 2.